The summed E-state index contributed by atoms with van der Waals surface area (Å²) in [5.74, 6) is 0.663. The van der Waals surface area contributed by atoms with Crippen molar-refractivity contribution in [2.24, 2.45) is 14.1 Å². The second-order valence-electron chi connectivity index (χ2n) is 8.15. The zero-order chi connectivity index (χ0) is 20.7. The predicted molar refractivity (Wildman–Crippen MR) is 112 cm³/mol. The number of hydrogen-bond donors (Lipinski definition) is 1. The van der Waals surface area contributed by atoms with E-state index in [2.05, 4.69) is 25.4 Å². The first kappa shape index (κ1) is 18.8. The van der Waals surface area contributed by atoms with Gasteiger partial charge in [-0.1, -0.05) is 0 Å². The molecule has 9 heteroatoms. The van der Waals surface area contributed by atoms with Crippen LogP contribution in [-0.4, -0.2) is 54.6 Å². The van der Waals surface area contributed by atoms with Gasteiger partial charge in [0.25, 0.3) is 5.91 Å². The monoisotopic (exact) mass is 406 g/mol. The van der Waals surface area contributed by atoms with Gasteiger partial charge in [-0.05, 0) is 38.2 Å². The molecule has 1 aliphatic heterocycles. The molecule has 1 amide bonds. The van der Waals surface area contributed by atoms with Crippen molar-refractivity contribution >= 4 is 11.9 Å². The Morgan fingerprint density at radius 3 is 2.93 bits per heavy atom. The average molecular weight is 406 g/mol. The van der Waals surface area contributed by atoms with Crippen LogP contribution in [0.1, 0.15) is 41.0 Å². The molecule has 0 saturated carbocycles. The number of carbonyl (C=O) groups is 1. The Morgan fingerprint density at radius 2 is 2.10 bits per heavy atom. The van der Waals surface area contributed by atoms with E-state index in [0.29, 0.717) is 12.5 Å². The highest BCUT2D eigenvalue weighted by Gasteiger charge is 2.29. The molecule has 1 unspecified atom stereocenters. The van der Waals surface area contributed by atoms with Crippen LogP contribution < -0.4 is 10.2 Å². The van der Waals surface area contributed by atoms with Crippen molar-refractivity contribution in [2.45, 2.75) is 38.1 Å². The van der Waals surface area contributed by atoms with E-state index in [9.17, 15) is 4.79 Å². The van der Waals surface area contributed by atoms with Crippen LogP contribution in [0.3, 0.4) is 0 Å². The number of aromatic nitrogens is 6. The molecule has 0 radical (unpaired) electrons. The Hall–Kier alpha value is -3.23. The Labute approximate surface area is 175 Å². The summed E-state index contributed by atoms with van der Waals surface area (Å²) in [6.45, 7) is 1.51. The van der Waals surface area contributed by atoms with E-state index in [1.165, 1.54) is 0 Å². The number of nitrogens with zero attached hydrogens (tertiary/aromatic N) is 7. The third-order valence-corrected chi connectivity index (χ3v) is 5.98. The summed E-state index contributed by atoms with van der Waals surface area (Å²) in [7, 11) is 3.75. The third-order valence-electron chi connectivity index (χ3n) is 5.98. The molecule has 2 aliphatic rings. The summed E-state index contributed by atoms with van der Waals surface area (Å²) in [6.07, 6.45) is 10.6. The molecule has 5 rings (SSSR count). The number of carbonyl (C=O) groups excluding carboxylic acids is 1. The van der Waals surface area contributed by atoms with Crippen molar-refractivity contribution in [3.05, 3.63) is 41.6 Å². The first-order valence-electron chi connectivity index (χ1n) is 10.5. The van der Waals surface area contributed by atoms with Gasteiger partial charge in [-0.3, -0.25) is 14.2 Å². The Kier molecular flexibility index (Phi) is 4.72. The topological polar surface area (TPSA) is 93.8 Å². The van der Waals surface area contributed by atoms with Crippen molar-refractivity contribution < 1.29 is 4.79 Å². The van der Waals surface area contributed by atoms with E-state index >= 15 is 0 Å². The first-order chi connectivity index (χ1) is 14.6. The van der Waals surface area contributed by atoms with Gasteiger partial charge in [-0.2, -0.15) is 10.2 Å². The van der Waals surface area contributed by atoms with Gasteiger partial charge in [0, 0.05) is 56.7 Å². The number of hydrogen-bond acceptors (Lipinski definition) is 6. The molecular formula is C21H26N8O. The van der Waals surface area contributed by atoms with Crippen molar-refractivity contribution in [3.8, 4) is 11.3 Å². The summed E-state index contributed by atoms with van der Waals surface area (Å²) in [5, 5.41) is 12.0. The second kappa shape index (κ2) is 7.55. The SMILES string of the molecule is Cn1cc(-c2ccnc(N3CCC(NC(=O)c4c5c(nn4C)CCCC5)C3)n2)cn1. The van der Waals surface area contributed by atoms with Crippen molar-refractivity contribution in [1.29, 1.82) is 0 Å². The molecule has 156 valence electrons. The molecule has 0 aromatic carbocycles. The van der Waals surface area contributed by atoms with Crippen molar-refractivity contribution in [3.63, 3.8) is 0 Å². The predicted octanol–water partition coefficient (Wildman–Crippen LogP) is 1.50. The molecule has 4 heterocycles. The van der Waals surface area contributed by atoms with Gasteiger partial charge in [-0.25, -0.2) is 9.97 Å². The Morgan fingerprint density at radius 1 is 1.23 bits per heavy atom. The van der Waals surface area contributed by atoms with Gasteiger partial charge in [0.1, 0.15) is 5.69 Å². The maximum absolute atomic E-state index is 13.0. The van der Waals surface area contributed by atoms with Crippen LogP contribution in [0.15, 0.2) is 24.7 Å². The highest BCUT2D eigenvalue weighted by atomic mass is 16.2. The summed E-state index contributed by atoms with van der Waals surface area (Å²) in [6, 6.07) is 1.96. The molecule has 0 spiro atoms. The fourth-order valence-corrected chi connectivity index (χ4v) is 4.49. The molecule has 1 aliphatic carbocycles. The molecule has 0 bridgehead atoms. The largest absolute Gasteiger partial charge is 0.346 e. The number of rotatable bonds is 4. The molecular weight excluding hydrogens is 380 g/mol. The zero-order valence-corrected chi connectivity index (χ0v) is 17.4. The zero-order valence-electron chi connectivity index (χ0n) is 17.4. The Balaban J connectivity index is 1.28. The minimum Gasteiger partial charge on any atom is -0.346 e. The average Bonchev–Trinajstić information content (AvgIpc) is 3.46. The van der Waals surface area contributed by atoms with Crippen molar-refractivity contribution in [2.75, 3.05) is 18.0 Å². The summed E-state index contributed by atoms with van der Waals surface area (Å²) < 4.78 is 3.51. The second-order valence-corrected chi connectivity index (χ2v) is 8.15. The minimum atomic E-state index is -0.0231. The fraction of sp³-hybridized carbons (Fsp3) is 0.476. The minimum absolute atomic E-state index is 0.0231. The molecule has 3 aromatic heterocycles. The van der Waals surface area contributed by atoms with E-state index in [1.807, 2.05) is 26.4 Å². The van der Waals surface area contributed by atoms with Gasteiger partial charge >= 0.3 is 0 Å². The molecule has 1 N–H and O–H groups in total. The first-order valence-corrected chi connectivity index (χ1v) is 10.5. The van der Waals surface area contributed by atoms with Crippen LogP contribution in [0.5, 0.6) is 0 Å². The van der Waals surface area contributed by atoms with Crippen LogP contribution in [0, 0.1) is 0 Å². The van der Waals surface area contributed by atoms with E-state index in [0.717, 1.165) is 66.9 Å². The summed E-state index contributed by atoms with van der Waals surface area (Å²) in [5.41, 5.74) is 4.75. The lowest BCUT2D eigenvalue weighted by atomic mass is 9.95. The van der Waals surface area contributed by atoms with E-state index in [-0.39, 0.29) is 11.9 Å². The lowest BCUT2D eigenvalue weighted by Crippen LogP contribution is -2.38. The molecule has 1 fully saturated rings. The maximum atomic E-state index is 13.0. The number of aryl methyl sites for hydroxylation is 3. The number of anilines is 1. The standard InChI is InChI=1S/C21H26N8O/c1-27-12-14(11-23-27)17-7-9-22-21(25-17)29-10-8-15(13-29)24-20(30)19-16-5-3-4-6-18(16)26-28(19)2/h7,9,11-12,15H,3-6,8,10,13H2,1-2H3,(H,24,30). The lowest BCUT2D eigenvalue weighted by Gasteiger charge is -2.18. The highest BCUT2D eigenvalue weighted by molar-refractivity contribution is 5.94. The van der Waals surface area contributed by atoms with Crippen LogP contribution in [0.4, 0.5) is 5.95 Å². The van der Waals surface area contributed by atoms with E-state index < -0.39 is 0 Å². The van der Waals surface area contributed by atoms with Gasteiger partial charge in [-0.15, -0.1) is 0 Å². The maximum Gasteiger partial charge on any atom is 0.270 e. The third kappa shape index (κ3) is 3.44. The summed E-state index contributed by atoms with van der Waals surface area (Å²) in [4.78, 5) is 24.3. The highest BCUT2D eigenvalue weighted by Crippen LogP contribution is 2.25. The van der Waals surface area contributed by atoms with Crippen molar-refractivity contribution in [1.82, 2.24) is 34.8 Å². The van der Waals surface area contributed by atoms with E-state index in [4.69, 9.17) is 4.98 Å². The summed E-state index contributed by atoms with van der Waals surface area (Å²) >= 11 is 0. The van der Waals surface area contributed by atoms with Crippen LogP contribution >= 0.6 is 0 Å². The Bertz CT molecular complexity index is 1080. The van der Waals surface area contributed by atoms with Crippen LogP contribution in [0.2, 0.25) is 0 Å². The van der Waals surface area contributed by atoms with Gasteiger partial charge in [0.2, 0.25) is 5.95 Å². The molecule has 1 saturated heterocycles. The van der Waals surface area contributed by atoms with Crippen LogP contribution in [-0.2, 0) is 26.9 Å². The van der Waals surface area contributed by atoms with Gasteiger partial charge in [0.15, 0.2) is 0 Å². The fourth-order valence-electron chi connectivity index (χ4n) is 4.49. The quantitative estimate of drug-likeness (QED) is 0.706. The lowest BCUT2D eigenvalue weighted by molar-refractivity contribution is 0.0929. The van der Waals surface area contributed by atoms with E-state index in [1.54, 1.807) is 21.8 Å². The van der Waals surface area contributed by atoms with Crippen LogP contribution in [0.25, 0.3) is 11.3 Å². The number of nitrogens with one attached hydrogen (secondary N) is 1. The van der Waals surface area contributed by atoms with Gasteiger partial charge in [0.05, 0.1) is 17.6 Å². The smallest absolute Gasteiger partial charge is 0.270 e. The molecule has 9 nitrogen and oxygen atoms in total. The molecule has 30 heavy (non-hydrogen) atoms. The number of fused-ring (bicyclic) bond motifs is 1. The normalized spacial score (nSPS) is 18.5. The van der Waals surface area contributed by atoms with Gasteiger partial charge < -0.3 is 10.2 Å². The molecule has 3 aromatic rings. The molecule has 1 atom stereocenters. The number of amides is 1.